The van der Waals surface area contributed by atoms with Crippen LogP contribution in [0.1, 0.15) is 37.9 Å². The second kappa shape index (κ2) is 6.19. The minimum atomic E-state index is -0.0206. The standard InChI is InChI=1S/C14H24N4O/c1-17-9-8-16-13(17)10-18(2)14(19)11-6-4-3-5-7-12(11)15/h8-9,11-12H,3-7,10,15H2,1-2H3. The number of hydrogen-bond donors (Lipinski definition) is 1. The second-order valence-corrected chi connectivity index (χ2v) is 5.56. The van der Waals surface area contributed by atoms with Gasteiger partial charge in [0.1, 0.15) is 5.82 Å². The van der Waals surface area contributed by atoms with E-state index in [0.29, 0.717) is 6.54 Å². The summed E-state index contributed by atoms with van der Waals surface area (Å²) in [7, 11) is 3.78. The molecule has 1 saturated carbocycles. The van der Waals surface area contributed by atoms with E-state index in [9.17, 15) is 4.79 Å². The first-order valence-electron chi connectivity index (χ1n) is 7.06. The lowest BCUT2D eigenvalue weighted by molar-refractivity contribution is -0.135. The van der Waals surface area contributed by atoms with E-state index in [1.165, 1.54) is 6.42 Å². The van der Waals surface area contributed by atoms with Gasteiger partial charge in [-0.3, -0.25) is 4.79 Å². The zero-order chi connectivity index (χ0) is 13.8. The molecule has 1 amide bonds. The summed E-state index contributed by atoms with van der Waals surface area (Å²) in [4.78, 5) is 18.5. The van der Waals surface area contributed by atoms with E-state index in [1.807, 2.05) is 24.9 Å². The van der Waals surface area contributed by atoms with Crippen LogP contribution in [0.4, 0.5) is 0 Å². The monoisotopic (exact) mass is 264 g/mol. The van der Waals surface area contributed by atoms with Crippen LogP contribution in [0.15, 0.2) is 12.4 Å². The molecule has 106 valence electrons. The normalized spacial score (nSPS) is 23.9. The highest BCUT2D eigenvalue weighted by Crippen LogP contribution is 2.24. The van der Waals surface area contributed by atoms with Crippen molar-refractivity contribution in [3.63, 3.8) is 0 Å². The topological polar surface area (TPSA) is 64.2 Å². The van der Waals surface area contributed by atoms with E-state index in [2.05, 4.69) is 4.98 Å². The third kappa shape index (κ3) is 3.35. The number of hydrogen-bond acceptors (Lipinski definition) is 3. The van der Waals surface area contributed by atoms with E-state index in [1.54, 1.807) is 11.1 Å². The van der Waals surface area contributed by atoms with Gasteiger partial charge >= 0.3 is 0 Å². The summed E-state index contributed by atoms with van der Waals surface area (Å²) in [6.07, 6.45) is 8.99. The summed E-state index contributed by atoms with van der Waals surface area (Å²) in [5.41, 5.74) is 6.15. The number of carbonyl (C=O) groups is 1. The summed E-state index contributed by atoms with van der Waals surface area (Å²) < 4.78 is 1.94. The first-order chi connectivity index (χ1) is 9.09. The minimum absolute atomic E-state index is 0.0128. The van der Waals surface area contributed by atoms with Crippen LogP contribution in [-0.2, 0) is 18.4 Å². The fourth-order valence-electron chi connectivity index (χ4n) is 2.76. The number of amides is 1. The average Bonchev–Trinajstić information content (AvgIpc) is 2.66. The van der Waals surface area contributed by atoms with Gasteiger partial charge in [0.15, 0.2) is 0 Å². The van der Waals surface area contributed by atoms with Crippen molar-refractivity contribution in [3.05, 3.63) is 18.2 Å². The third-order valence-corrected chi connectivity index (χ3v) is 4.06. The van der Waals surface area contributed by atoms with E-state index in [4.69, 9.17) is 5.73 Å². The van der Waals surface area contributed by atoms with Crippen molar-refractivity contribution in [1.29, 1.82) is 0 Å². The third-order valence-electron chi connectivity index (χ3n) is 4.06. The van der Waals surface area contributed by atoms with E-state index in [0.717, 1.165) is 31.5 Å². The highest BCUT2D eigenvalue weighted by molar-refractivity contribution is 5.79. The Morgan fingerprint density at radius 2 is 2.21 bits per heavy atom. The van der Waals surface area contributed by atoms with Crippen LogP contribution in [0, 0.1) is 5.92 Å². The quantitative estimate of drug-likeness (QED) is 0.837. The zero-order valence-corrected chi connectivity index (χ0v) is 11.9. The molecule has 1 aliphatic rings. The Kier molecular flexibility index (Phi) is 4.58. The Hall–Kier alpha value is -1.36. The lowest BCUT2D eigenvalue weighted by Crippen LogP contribution is -2.42. The molecule has 1 fully saturated rings. The molecular formula is C14H24N4O. The molecule has 0 aromatic carbocycles. The largest absolute Gasteiger partial charge is 0.338 e. The maximum Gasteiger partial charge on any atom is 0.227 e. The van der Waals surface area contributed by atoms with Crippen molar-refractivity contribution in [3.8, 4) is 0 Å². The van der Waals surface area contributed by atoms with Crippen molar-refractivity contribution < 1.29 is 4.79 Å². The van der Waals surface area contributed by atoms with Crippen molar-refractivity contribution >= 4 is 5.91 Å². The molecule has 0 aliphatic heterocycles. The van der Waals surface area contributed by atoms with E-state index < -0.39 is 0 Å². The number of nitrogens with zero attached hydrogens (tertiary/aromatic N) is 3. The Morgan fingerprint density at radius 3 is 2.89 bits per heavy atom. The molecule has 2 rings (SSSR count). The fourth-order valence-corrected chi connectivity index (χ4v) is 2.76. The van der Waals surface area contributed by atoms with Crippen LogP contribution in [0.25, 0.3) is 0 Å². The summed E-state index contributed by atoms with van der Waals surface area (Å²) in [6, 6.07) is 0.0128. The Bertz CT molecular complexity index is 429. The lowest BCUT2D eigenvalue weighted by Gasteiger charge is -2.26. The van der Waals surface area contributed by atoms with Gasteiger partial charge in [-0.1, -0.05) is 19.3 Å². The molecule has 19 heavy (non-hydrogen) atoms. The SMILES string of the molecule is CN(Cc1nccn1C)C(=O)C1CCCCCC1N. The second-order valence-electron chi connectivity index (χ2n) is 5.56. The van der Waals surface area contributed by atoms with Gasteiger partial charge in [0.05, 0.1) is 12.5 Å². The molecule has 1 aromatic heterocycles. The Balaban J connectivity index is 1.99. The predicted octanol–water partition coefficient (Wildman–Crippen LogP) is 1.29. The van der Waals surface area contributed by atoms with Crippen molar-refractivity contribution in [1.82, 2.24) is 14.5 Å². The molecule has 1 aliphatic carbocycles. The number of rotatable bonds is 3. The van der Waals surface area contributed by atoms with E-state index in [-0.39, 0.29) is 17.9 Å². The summed E-state index contributed by atoms with van der Waals surface area (Å²) in [6.45, 7) is 0.547. The summed E-state index contributed by atoms with van der Waals surface area (Å²) in [5, 5.41) is 0. The maximum absolute atomic E-state index is 12.5. The zero-order valence-electron chi connectivity index (χ0n) is 11.9. The van der Waals surface area contributed by atoms with Crippen molar-refractivity contribution in [2.45, 2.75) is 44.7 Å². The first kappa shape index (κ1) is 14.1. The fraction of sp³-hybridized carbons (Fsp3) is 0.714. The molecule has 0 radical (unpaired) electrons. The molecule has 0 spiro atoms. The van der Waals surface area contributed by atoms with Crippen LogP contribution >= 0.6 is 0 Å². The van der Waals surface area contributed by atoms with E-state index >= 15 is 0 Å². The highest BCUT2D eigenvalue weighted by atomic mass is 16.2. The van der Waals surface area contributed by atoms with Gasteiger partial charge < -0.3 is 15.2 Å². The highest BCUT2D eigenvalue weighted by Gasteiger charge is 2.29. The van der Waals surface area contributed by atoms with Crippen molar-refractivity contribution in [2.75, 3.05) is 7.05 Å². The van der Waals surface area contributed by atoms with Crippen LogP contribution in [0.2, 0.25) is 0 Å². The molecule has 2 unspecified atom stereocenters. The maximum atomic E-state index is 12.5. The van der Waals surface area contributed by atoms with Gasteiger partial charge in [-0.05, 0) is 12.8 Å². The lowest BCUT2D eigenvalue weighted by atomic mass is 9.94. The van der Waals surface area contributed by atoms with Crippen LogP contribution in [0.3, 0.4) is 0 Å². The molecule has 5 nitrogen and oxygen atoms in total. The van der Waals surface area contributed by atoms with Gasteiger partial charge in [0.2, 0.25) is 5.91 Å². The molecule has 2 N–H and O–H groups in total. The van der Waals surface area contributed by atoms with Crippen molar-refractivity contribution in [2.24, 2.45) is 18.7 Å². The molecule has 0 saturated heterocycles. The predicted molar refractivity (Wildman–Crippen MR) is 74.2 cm³/mol. The van der Waals surface area contributed by atoms with Crippen LogP contribution in [0.5, 0.6) is 0 Å². The number of nitrogens with two attached hydrogens (primary N) is 1. The Labute approximate surface area is 114 Å². The van der Waals surface area contributed by atoms with Gasteiger partial charge in [-0.2, -0.15) is 0 Å². The number of imidazole rings is 1. The first-order valence-corrected chi connectivity index (χ1v) is 7.06. The van der Waals surface area contributed by atoms with Gasteiger partial charge in [0.25, 0.3) is 0 Å². The average molecular weight is 264 g/mol. The number of carbonyl (C=O) groups excluding carboxylic acids is 1. The smallest absolute Gasteiger partial charge is 0.227 e. The molecular weight excluding hydrogens is 240 g/mol. The summed E-state index contributed by atoms with van der Waals surface area (Å²) in [5.74, 6) is 1.04. The molecule has 0 bridgehead atoms. The number of aromatic nitrogens is 2. The number of aryl methyl sites for hydroxylation is 1. The molecule has 1 heterocycles. The van der Waals surface area contributed by atoms with Gasteiger partial charge in [-0.25, -0.2) is 4.98 Å². The summed E-state index contributed by atoms with van der Waals surface area (Å²) >= 11 is 0. The Morgan fingerprint density at radius 1 is 1.47 bits per heavy atom. The van der Waals surface area contributed by atoms with Crippen LogP contribution < -0.4 is 5.73 Å². The van der Waals surface area contributed by atoms with Gasteiger partial charge in [0, 0.05) is 32.5 Å². The molecule has 5 heteroatoms. The van der Waals surface area contributed by atoms with Gasteiger partial charge in [-0.15, -0.1) is 0 Å². The minimum Gasteiger partial charge on any atom is -0.338 e. The molecule has 1 aromatic rings. The molecule has 2 atom stereocenters. The van der Waals surface area contributed by atoms with Crippen LogP contribution in [-0.4, -0.2) is 33.4 Å².